The summed E-state index contributed by atoms with van der Waals surface area (Å²) >= 11 is 5.96. The van der Waals surface area contributed by atoms with Gasteiger partial charge in [-0.05, 0) is 42.8 Å². The van der Waals surface area contributed by atoms with E-state index in [1.54, 1.807) is 31.2 Å². The van der Waals surface area contributed by atoms with Crippen LogP contribution >= 0.6 is 11.6 Å². The van der Waals surface area contributed by atoms with Crippen LogP contribution in [0.5, 0.6) is 5.75 Å². The van der Waals surface area contributed by atoms with Crippen LogP contribution in [-0.4, -0.2) is 43.7 Å². The van der Waals surface area contributed by atoms with Crippen molar-refractivity contribution >= 4 is 41.2 Å². The Balaban J connectivity index is 1.59. The van der Waals surface area contributed by atoms with Gasteiger partial charge in [0.15, 0.2) is 6.61 Å². The maximum absolute atomic E-state index is 12.8. The largest absolute Gasteiger partial charge is 0.482 e. The molecule has 34 heavy (non-hydrogen) atoms. The summed E-state index contributed by atoms with van der Waals surface area (Å²) in [4.78, 5) is 49.2. The first kappa shape index (κ1) is 23.1. The molecule has 10 nitrogen and oxygen atoms in total. The Bertz CT molecular complexity index is 1190. The van der Waals surface area contributed by atoms with Gasteiger partial charge in [-0.25, -0.2) is 14.4 Å². The number of nitrogens with one attached hydrogen (secondary N) is 3. The van der Waals surface area contributed by atoms with E-state index in [0.29, 0.717) is 22.0 Å². The monoisotopic (exact) mass is 485 g/mol. The summed E-state index contributed by atoms with van der Waals surface area (Å²) in [7, 11) is 0. The fourth-order valence-corrected chi connectivity index (χ4v) is 3.64. The minimum absolute atomic E-state index is 0.0944. The first-order chi connectivity index (χ1) is 16.4. The highest BCUT2D eigenvalue weighted by atomic mass is 35.5. The zero-order chi connectivity index (χ0) is 24.2. The van der Waals surface area contributed by atoms with E-state index < -0.39 is 24.0 Å². The molecular formula is C23H20ClN3O7. The van der Waals surface area contributed by atoms with Crippen molar-refractivity contribution in [2.45, 2.75) is 13.0 Å². The minimum Gasteiger partial charge on any atom is -0.482 e. The van der Waals surface area contributed by atoms with Crippen molar-refractivity contribution < 1.29 is 33.4 Å². The second-order valence-corrected chi connectivity index (χ2v) is 7.76. The maximum Gasteiger partial charge on any atom is 0.338 e. The number of hydrogen-bond donors (Lipinski definition) is 3. The number of esters is 2. The van der Waals surface area contributed by atoms with Crippen molar-refractivity contribution in [1.29, 1.82) is 0 Å². The number of carbonyl (C=O) groups excluding carboxylic acids is 4. The standard InChI is InChI=1S/C23H20ClN3O7/c1-2-32-22(30)19-16(26-23(31)27-20(19)12-3-6-14(24)7-4-12)10-34-21(29)13-5-8-15-17(9-13)33-11-18(28)25-15/h3-9,20H,2,10-11H2,1H3,(H,25,28)(H2,26,27,31). The molecule has 0 radical (unpaired) electrons. The van der Waals surface area contributed by atoms with E-state index >= 15 is 0 Å². The molecule has 0 spiro atoms. The van der Waals surface area contributed by atoms with Crippen LogP contribution in [0.4, 0.5) is 10.5 Å². The summed E-state index contributed by atoms with van der Waals surface area (Å²) in [6, 6.07) is 9.64. The first-order valence-electron chi connectivity index (χ1n) is 10.3. The van der Waals surface area contributed by atoms with Gasteiger partial charge in [-0.2, -0.15) is 0 Å². The molecule has 3 amide bonds. The molecule has 4 rings (SSSR count). The lowest BCUT2D eigenvalue weighted by atomic mass is 9.95. The number of anilines is 1. The number of benzene rings is 2. The van der Waals surface area contributed by atoms with E-state index in [-0.39, 0.29) is 42.6 Å². The second-order valence-electron chi connectivity index (χ2n) is 7.32. The molecule has 0 aliphatic carbocycles. The fourth-order valence-electron chi connectivity index (χ4n) is 3.51. The fraction of sp³-hybridized carbons (Fsp3) is 0.217. The minimum atomic E-state index is -0.834. The number of ether oxygens (including phenoxy) is 3. The van der Waals surface area contributed by atoms with Crippen LogP contribution in [-0.2, 0) is 19.1 Å². The zero-order valence-electron chi connectivity index (χ0n) is 18.0. The highest BCUT2D eigenvalue weighted by Gasteiger charge is 2.34. The van der Waals surface area contributed by atoms with Gasteiger partial charge < -0.3 is 30.2 Å². The van der Waals surface area contributed by atoms with Gasteiger partial charge in [-0.3, -0.25) is 4.79 Å². The summed E-state index contributed by atoms with van der Waals surface area (Å²) in [5, 5.41) is 8.34. The van der Waals surface area contributed by atoms with Gasteiger partial charge in [0, 0.05) is 5.02 Å². The highest BCUT2D eigenvalue weighted by Crippen LogP contribution is 2.30. The van der Waals surface area contributed by atoms with Gasteiger partial charge in [0.05, 0.1) is 35.2 Å². The summed E-state index contributed by atoms with van der Waals surface area (Å²) in [5.41, 5.74) is 1.41. The summed E-state index contributed by atoms with van der Waals surface area (Å²) < 4.78 is 15.9. The van der Waals surface area contributed by atoms with Gasteiger partial charge in [0.2, 0.25) is 0 Å². The SMILES string of the molecule is CCOC(=O)C1=C(COC(=O)c2ccc3c(c2)OCC(=O)N3)NC(=O)NC1c1ccc(Cl)cc1. The van der Waals surface area contributed by atoms with Gasteiger partial charge in [0.1, 0.15) is 12.4 Å². The highest BCUT2D eigenvalue weighted by molar-refractivity contribution is 6.30. The Hall–Kier alpha value is -4.05. The van der Waals surface area contributed by atoms with E-state index in [1.807, 2.05) is 0 Å². The Labute approximate surface area is 199 Å². The lowest BCUT2D eigenvalue weighted by Gasteiger charge is -2.29. The van der Waals surface area contributed by atoms with Crippen molar-refractivity contribution in [3.8, 4) is 5.75 Å². The average Bonchev–Trinajstić information content (AvgIpc) is 2.82. The van der Waals surface area contributed by atoms with Crippen LogP contribution in [0, 0.1) is 0 Å². The van der Waals surface area contributed by atoms with E-state index in [2.05, 4.69) is 16.0 Å². The molecule has 2 aromatic carbocycles. The number of urea groups is 1. The van der Waals surface area contributed by atoms with E-state index in [0.717, 1.165) is 0 Å². The van der Waals surface area contributed by atoms with Crippen LogP contribution in [0.2, 0.25) is 5.02 Å². The molecule has 1 unspecified atom stereocenters. The van der Waals surface area contributed by atoms with Gasteiger partial charge in [-0.15, -0.1) is 0 Å². The Kier molecular flexibility index (Phi) is 6.69. The molecule has 2 aliphatic rings. The Morgan fingerprint density at radius 2 is 1.82 bits per heavy atom. The molecule has 2 heterocycles. The molecular weight excluding hydrogens is 466 g/mol. The number of amides is 3. The van der Waals surface area contributed by atoms with Crippen molar-refractivity contribution in [1.82, 2.24) is 10.6 Å². The quantitative estimate of drug-likeness (QED) is 0.536. The molecule has 0 saturated heterocycles. The third-order valence-corrected chi connectivity index (χ3v) is 5.30. The normalized spacial score (nSPS) is 16.9. The molecule has 0 bridgehead atoms. The molecule has 2 aliphatic heterocycles. The van der Waals surface area contributed by atoms with Crippen molar-refractivity contribution in [2.75, 3.05) is 25.1 Å². The molecule has 1 atom stereocenters. The second kappa shape index (κ2) is 9.84. The molecule has 11 heteroatoms. The lowest BCUT2D eigenvalue weighted by Crippen LogP contribution is -2.47. The summed E-state index contributed by atoms with van der Waals surface area (Å²) in [6.45, 7) is 1.22. The van der Waals surface area contributed by atoms with E-state index in [1.165, 1.54) is 18.2 Å². The van der Waals surface area contributed by atoms with Crippen LogP contribution in [0.25, 0.3) is 0 Å². The number of fused-ring (bicyclic) bond motifs is 1. The zero-order valence-corrected chi connectivity index (χ0v) is 18.7. The predicted molar refractivity (Wildman–Crippen MR) is 120 cm³/mol. The smallest absolute Gasteiger partial charge is 0.338 e. The van der Waals surface area contributed by atoms with Crippen LogP contribution in [0.15, 0.2) is 53.7 Å². The van der Waals surface area contributed by atoms with Crippen LogP contribution in [0.3, 0.4) is 0 Å². The first-order valence-corrected chi connectivity index (χ1v) is 10.7. The molecule has 0 fully saturated rings. The summed E-state index contributed by atoms with van der Waals surface area (Å²) in [5.74, 6) is -1.34. The van der Waals surface area contributed by atoms with Crippen molar-refractivity contribution in [3.05, 3.63) is 69.9 Å². The maximum atomic E-state index is 12.8. The molecule has 0 aromatic heterocycles. The summed E-state index contributed by atoms with van der Waals surface area (Å²) in [6.07, 6.45) is 0. The molecule has 3 N–H and O–H groups in total. The third kappa shape index (κ3) is 4.96. The third-order valence-electron chi connectivity index (χ3n) is 5.05. The van der Waals surface area contributed by atoms with Crippen LogP contribution < -0.4 is 20.7 Å². The number of carbonyl (C=O) groups is 4. The van der Waals surface area contributed by atoms with Gasteiger partial charge in [0.25, 0.3) is 5.91 Å². The van der Waals surface area contributed by atoms with Gasteiger partial charge >= 0.3 is 18.0 Å². The van der Waals surface area contributed by atoms with E-state index in [4.69, 9.17) is 25.8 Å². The average molecular weight is 486 g/mol. The van der Waals surface area contributed by atoms with Crippen molar-refractivity contribution in [3.63, 3.8) is 0 Å². The van der Waals surface area contributed by atoms with E-state index in [9.17, 15) is 19.2 Å². The van der Waals surface area contributed by atoms with Crippen molar-refractivity contribution in [2.24, 2.45) is 0 Å². The Morgan fingerprint density at radius 1 is 1.06 bits per heavy atom. The molecule has 176 valence electrons. The van der Waals surface area contributed by atoms with Gasteiger partial charge in [-0.1, -0.05) is 23.7 Å². The topological polar surface area (TPSA) is 132 Å². The van der Waals surface area contributed by atoms with Crippen LogP contribution in [0.1, 0.15) is 28.9 Å². The molecule has 0 saturated carbocycles. The Morgan fingerprint density at radius 3 is 2.56 bits per heavy atom. The molecule has 2 aromatic rings. The number of halogens is 1. The lowest BCUT2D eigenvalue weighted by molar-refractivity contribution is -0.139. The number of rotatable bonds is 6. The predicted octanol–water partition coefficient (Wildman–Crippen LogP) is 2.70. The number of hydrogen-bond acceptors (Lipinski definition) is 7.